The van der Waals surface area contributed by atoms with E-state index in [1.807, 2.05) is 20.8 Å². The largest absolute Gasteiger partial charge is 0.478 e. The first-order valence-corrected chi connectivity index (χ1v) is 14.6. The van der Waals surface area contributed by atoms with Crippen molar-refractivity contribution in [1.82, 2.24) is 9.55 Å². The Labute approximate surface area is 230 Å². The lowest BCUT2D eigenvalue weighted by molar-refractivity contribution is -0.0521. The van der Waals surface area contributed by atoms with Crippen molar-refractivity contribution in [3.05, 3.63) is 54.0 Å². The summed E-state index contributed by atoms with van der Waals surface area (Å²) in [6.07, 6.45) is 8.90. The fraction of sp³-hybridized carbons (Fsp3) is 0.429. The van der Waals surface area contributed by atoms with Crippen molar-refractivity contribution in [2.24, 2.45) is 5.41 Å². The van der Waals surface area contributed by atoms with Gasteiger partial charge in [0.1, 0.15) is 5.82 Å². The van der Waals surface area contributed by atoms with Crippen LogP contribution in [-0.4, -0.2) is 41.4 Å². The Morgan fingerprint density at radius 1 is 1.23 bits per heavy atom. The van der Waals surface area contributed by atoms with Gasteiger partial charge in [0.2, 0.25) is 10.0 Å². The van der Waals surface area contributed by atoms with Gasteiger partial charge in [-0.3, -0.25) is 4.72 Å². The third-order valence-electron chi connectivity index (χ3n) is 6.66. The molecule has 0 aliphatic heterocycles. The number of rotatable bonds is 9. The zero-order valence-corrected chi connectivity index (χ0v) is 23.3. The molecule has 0 amide bonds. The number of carbonyl (C=O) groups is 1. The van der Waals surface area contributed by atoms with Gasteiger partial charge in [0, 0.05) is 29.3 Å². The Hall–Kier alpha value is -3.54. The van der Waals surface area contributed by atoms with Crippen LogP contribution in [0.2, 0.25) is 0 Å². The first-order valence-electron chi connectivity index (χ1n) is 13.0. The maximum atomic E-state index is 14.7. The molecule has 216 valence electrons. The highest BCUT2D eigenvalue weighted by molar-refractivity contribution is 7.92. The number of pyridine rings is 1. The van der Waals surface area contributed by atoms with E-state index < -0.39 is 34.2 Å². The van der Waals surface area contributed by atoms with Crippen LogP contribution in [0, 0.1) is 11.2 Å². The van der Waals surface area contributed by atoms with E-state index >= 15 is 0 Å². The van der Waals surface area contributed by atoms with Gasteiger partial charge in [-0.05, 0) is 36.5 Å². The summed E-state index contributed by atoms with van der Waals surface area (Å²) in [7, 11) is -3.74. The third kappa shape index (κ3) is 6.78. The molecule has 0 radical (unpaired) electrons. The number of aromatic nitrogens is 2. The Kier molecular flexibility index (Phi) is 8.48. The number of nitrogens with zero attached hydrogens (tertiary/aromatic N) is 2. The molecule has 1 aromatic carbocycles. The molecular formula is C28H32F3N3O5S. The van der Waals surface area contributed by atoms with Gasteiger partial charge in [-0.1, -0.05) is 52.2 Å². The molecule has 3 aromatic rings. The Morgan fingerprint density at radius 2 is 1.93 bits per heavy atom. The zero-order chi connectivity index (χ0) is 29.2. The number of alkyl halides is 2. The molecule has 2 heterocycles. The van der Waals surface area contributed by atoms with Gasteiger partial charge < -0.3 is 14.4 Å². The van der Waals surface area contributed by atoms with Crippen LogP contribution in [0.3, 0.4) is 0 Å². The molecule has 0 spiro atoms. The van der Waals surface area contributed by atoms with E-state index in [9.17, 15) is 31.5 Å². The molecule has 12 heteroatoms. The van der Waals surface area contributed by atoms with Crippen molar-refractivity contribution >= 4 is 32.7 Å². The summed E-state index contributed by atoms with van der Waals surface area (Å²) >= 11 is 0. The van der Waals surface area contributed by atoms with E-state index in [2.05, 4.69) is 14.4 Å². The number of sulfonamides is 1. The third-order valence-corrected chi connectivity index (χ3v) is 7.81. The number of carboxylic acid groups (broad SMARTS) is 1. The Bertz CT molecular complexity index is 1520. The second kappa shape index (κ2) is 11.5. The molecule has 1 aliphatic carbocycles. The van der Waals surface area contributed by atoms with Gasteiger partial charge in [-0.2, -0.15) is 8.78 Å². The molecule has 1 fully saturated rings. The highest BCUT2D eigenvalue weighted by Gasteiger charge is 2.30. The van der Waals surface area contributed by atoms with E-state index in [1.165, 1.54) is 18.3 Å². The minimum absolute atomic E-state index is 0.0441. The molecule has 2 N–H and O–H groups in total. The number of fused-ring (bicyclic) bond motifs is 1. The number of hydrogen-bond donors (Lipinski definition) is 2. The summed E-state index contributed by atoms with van der Waals surface area (Å²) in [6.45, 7) is 2.59. The maximum Gasteiger partial charge on any atom is 0.387 e. The molecule has 0 atom stereocenters. The second-order valence-electron chi connectivity index (χ2n) is 11.0. The number of nitrogens with one attached hydrogen (secondary N) is 1. The predicted molar refractivity (Wildman–Crippen MR) is 147 cm³/mol. The summed E-state index contributed by atoms with van der Waals surface area (Å²) in [5.74, 6) is -3.31. The Morgan fingerprint density at radius 3 is 2.50 bits per heavy atom. The fourth-order valence-corrected chi connectivity index (χ4v) is 5.91. The van der Waals surface area contributed by atoms with Gasteiger partial charge in [0.25, 0.3) is 0 Å². The van der Waals surface area contributed by atoms with E-state index in [0.717, 1.165) is 31.4 Å². The number of benzene rings is 1. The maximum absolute atomic E-state index is 14.7. The summed E-state index contributed by atoms with van der Waals surface area (Å²) in [6, 6.07) is 4.80. The minimum Gasteiger partial charge on any atom is -0.478 e. The number of ether oxygens (including phenoxy) is 1. The summed E-state index contributed by atoms with van der Waals surface area (Å²) in [5, 5.41) is 10.2. The smallest absolute Gasteiger partial charge is 0.387 e. The van der Waals surface area contributed by atoms with E-state index in [0.29, 0.717) is 18.4 Å². The predicted octanol–water partition coefficient (Wildman–Crippen LogP) is 6.99. The lowest BCUT2D eigenvalue weighted by atomic mass is 9.94. The van der Waals surface area contributed by atoms with Gasteiger partial charge >= 0.3 is 12.6 Å². The van der Waals surface area contributed by atoms with Crippen LogP contribution in [0.25, 0.3) is 22.2 Å². The monoisotopic (exact) mass is 579 g/mol. The first-order chi connectivity index (χ1) is 18.8. The van der Waals surface area contributed by atoms with Crippen LogP contribution in [0.4, 0.5) is 19.0 Å². The number of carboxylic acids is 1. The van der Waals surface area contributed by atoms with Crippen LogP contribution in [0.15, 0.2) is 42.6 Å². The fourth-order valence-electron chi connectivity index (χ4n) is 5.04. The van der Waals surface area contributed by atoms with Crippen molar-refractivity contribution in [2.45, 2.75) is 65.5 Å². The highest BCUT2D eigenvalue weighted by Crippen LogP contribution is 2.42. The van der Waals surface area contributed by atoms with Gasteiger partial charge in [0.15, 0.2) is 11.6 Å². The molecule has 1 aliphatic rings. The second-order valence-corrected chi connectivity index (χ2v) is 12.7. The van der Waals surface area contributed by atoms with E-state index in [1.54, 1.807) is 16.7 Å². The first kappa shape index (κ1) is 29.4. The van der Waals surface area contributed by atoms with Crippen LogP contribution < -0.4 is 9.46 Å². The number of aromatic carboxylic acids is 1. The molecule has 0 unspecified atom stereocenters. The van der Waals surface area contributed by atoms with Crippen molar-refractivity contribution in [3.8, 4) is 17.0 Å². The normalized spacial score (nSPS) is 15.3. The minimum atomic E-state index is -3.74. The quantitative estimate of drug-likeness (QED) is 0.264. The number of hydrogen-bond acceptors (Lipinski definition) is 5. The summed E-state index contributed by atoms with van der Waals surface area (Å²) in [5.41, 5.74) is 0.463. The van der Waals surface area contributed by atoms with Gasteiger partial charge in [-0.15, -0.1) is 0 Å². The van der Waals surface area contributed by atoms with E-state index in [4.69, 9.17) is 0 Å². The van der Waals surface area contributed by atoms with Crippen LogP contribution in [0.1, 0.15) is 69.3 Å². The van der Waals surface area contributed by atoms with Crippen molar-refractivity contribution in [1.29, 1.82) is 0 Å². The standard InChI is InChI=1S/C28H32F3N3O5S/c1-28(2,3)12-7-13-40(37,38)33-23-11-10-17(16-32-23)25-24(26(35)36)19-14-20(29)22(39-27(30)31)15-21(19)34(25)18-8-5-4-6-9-18/h7,10-12,14-16,18,27H,4-6,8-9,13H2,1-3H3,(H,32,33)(H,35,36). The van der Waals surface area contributed by atoms with Gasteiger partial charge in [0.05, 0.1) is 22.5 Å². The lowest BCUT2D eigenvalue weighted by Crippen LogP contribution is -2.17. The lowest BCUT2D eigenvalue weighted by Gasteiger charge is -2.27. The average Bonchev–Trinajstić information content (AvgIpc) is 3.17. The van der Waals surface area contributed by atoms with Crippen molar-refractivity contribution < 1.29 is 36.2 Å². The number of anilines is 1. The molecular weight excluding hydrogens is 547 g/mol. The molecule has 1 saturated carbocycles. The molecule has 40 heavy (non-hydrogen) atoms. The molecule has 0 bridgehead atoms. The average molecular weight is 580 g/mol. The zero-order valence-electron chi connectivity index (χ0n) is 22.5. The number of allylic oxidation sites excluding steroid dienone is 1. The summed E-state index contributed by atoms with van der Waals surface area (Å²) in [4.78, 5) is 16.7. The molecule has 4 rings (SSSR count). The molecule has 2 aromatic heterocycles. The molecule has 8 nitrogen and oxygen atoms in total. The Balaban J connectivity index is 1.80. The van der Waals surface area contributed by atoms with Crippen LogP contribution in [0.5, 0.6) is 5.75 Å². The van der Waals surface area contributed by atoms with Crippen molar-refractivity contribution in [2.75, 3.05) is 10.5 Å². The highest BCUT2D eigenvalue weighted by atomic mass is 32.2. The summed E-state index contributed by atoms with van der Waals surface area (Å²) < 4.78 is 74.2. The van der Waals surface area contributed by atoms with Crippen LogP contribution >= 0.6 is 0 Å². The molecule has 0 saturated heterocycles. The van der Waals surface area contributed by atoms with E-state index in [-0.39, 0.29) is 45.2 Å². The van der Waals surface area contributed by atoms with Gasteiger partial charge in [-0.25, -0.2) is 22.6 Å². The SMILES string of the molecule is CC(C)(C)C=CCS(=O)(=O)Nc1ccc(-c2c(C(=O)O)c3cc(F)c(OC(F)F)cc3n2C2CCCCC2)cn1. The van der Waals surface area contributed by atoms with Crippen LogP contribution in [-0.2, 0) is 10.0 Å². The number of halogens is 3. The topological polar surface area (TPSA) is 111 Å². The van der Waals surface area contributed by atoms with Crippen molar-refractivity contribution in [3.63, 3.8) is 0 Å².